The number of piperazine rings is 1. The topological polar surface area (TPSA) is 67.1 Å². The van der Waals surface area contributed by atoms with Crippen molar-refractivity contribution in [3.05, 3.63) is 28.3 Å². The Morgan fingerprint density at radius 3 is 3.15 bits per heavy atom. The van der Waals surface area contributed by atoms with E-state index in [0.717, 1.165) is 43.3 Å². The number of nitrogens with one attached hydrogen (secondary N) is 1. The van der Waals surface area contributed by atoms with Crippen molar-refractivity contribution < 1.29 is 4.52 Å². The first-order valence-corrected chi connectivity index (χ1v) is 7.32. The number of aryl methyl sites for hydroxylation is 2. The third kappa shape index (κ3) is 3.54. The predicted octanol–water partition coefficient (Wildman–Crippen LogP) is 1.31. The van der Waals surface area contributed by atoms with Crippen LogP contribution in [0.5, 0.6) is 0 Å². The van der Waals surface area contributed by atoms with Crippen molar-refractivity contribution in [1.29, 1.82) is 0 Å². The first-order valence-electron chi connectivity index (χ1n) is 6.45. The highest BCUT2D eigenvalue weighted by Crippen LogP contribution is 2.18. The number of thiazole rings is 1. The van der Waals surface area contributed by atoms with E-state index in [1.165, 1.54) is 0 Å². The third-order valence-electron chi connectivity index (χ3n) is 3.33. The molecule has 1 aliphatic heterocycles. The molecule has 0 spiro atoms. The molecule has 0 amide bonds. The summed E-state index contributed by atoms with van der Waals surface area (Å²) in [6, 6.07) is 0.214. The molecule has 1 unspecified atom stereocenters. The maximum Gasteiger partial charge on any atom is 0.227 e. The summed E-state index contributed by atoms with van der Waals surface area (Å²) in [7, 11) is 2.09. The Hall–Kier alpha value is -1.02. The van der Waals surface area contributed by atoms with Gasteiger partial charge >= 0.3 is 0 Å². The fourth-order valence-electron chi connectivity index (χ4n) is 2.19. The van der Waals surface area contributed by atoms with Crippen LogP contribution in [0.4, 0.5) is 0 Å². The van der Waals surface area contributed by atoms with E-state index < -0.39 is 0 Å². The molecule has 6 nitrogen and oxygen atoms in total. The minimum atomic E-state index is 0. The molecule has 3 heterocycles. The van der Waals surface area contributed by atoms with Crippen molar-refractivity contribution in [2.75, 3.05) is 26.7 Å². The van der Waals surface area contributed by atoms with Crippen molar-refractivity contribution in [2.24, 2.45) is 0 Å². The van der Waals surface area contributed by atoms with Crippen LogP contribution in [0, 0.1) is 0 Å². The summed E-state index contributed by atoms with van der Waals surface area (Å²) in [6.07, 6.45) is 3.43. The van der Waals surface area contributed by atoms with Gasteiger partial charge in [0.25, 0.3) is 0 Å². The van der Waals surface area contributed by atoms with Crippen LogP contribution in [0.3, 0.4) is 0 Å². The van der Waals surface area contributed by atoms with Gasteiger partial charge in [-0.05, 0) is 7.05 Å². The molecule has 20 heavy (non-hydrogen) atoms. The van der Waals surface area contributed by atoms with Crippen molar-refractivity contribution in [3.8, 4) is 0 Å². The van der Waals surface area contributed by atoms with Gasteiger partial charge in [-0.3, -0.25) is 4.90 Å². The minimum absolute atomic E-state index is 0. The molecule has 2 aromatic heterocycles. The number of hydrogen-bond acceptors (Lipinski definition) is 7. The highest BCUT2D eigenvalue weighted by atomic mass is 35.5. The van der Waals surface area contributed by atoms with Gasteiger partial charge in [-0.1, -0.05) is 5.16 Å². The van der Waals surface area contributed by atoms with Crippen LogP contribution in [0.15, 0.2) is 16.1 Å². The molecule has 0 aromatic carbocycles. The molecule has 1 fully saturated rings. The quantitative estimate of drug-likeness (QED) is 0.917. The molecule has 1 aliphatic rings. The molecular formula is C12H18ClN5OS. The summed E-state index contributed by atoms with van der Waals surface area (Å²) in [6.45, 7) is 2.90. The smallest absolute Gasteiger partial charge is 0.227 e. The Labute approximate surface area is 128 Å². The molecule has 8 heteroatoms. The molecule has 0 aliphatic carbocycles. The van der Waals surface area contributed by atoms with E-state index in [0.29, 0.717) is 5.89 Å². The van der Waals surface area contributed by atoms with E-state index in [1.54, 1.807) is 11.3 Å². The average Bonchev–Trinajstić information content (AvgIpc) is 3.08. The highest BCUT2D eigenvalue weighted by Gasteiger charge is 2.25. The van der Waals surface area contributed by atoms with Gasteiger partial charge in [0.2, 0.25) is 5.89 Å². The molecule has 1 N–H and O–H groups in total. The van der Waals surface area contributed by atoms with Crippen LogP contribution in [0.1, 0.15) is 22.8 Å². The maximum atomic E-state index is 5.33. The van der Waals surface area contributed by atoms with Gasteiger partial charge in [-0.2, -0.15) is 4.98 Å². The van der Waals surface area contributed by atoms with Crippen molar-refractivity contribution in [3.63, 3.8) is 0 Å². The summed E-state index contributed by atoms with van der Waals surface area (Å²) < 4.78 is 5.33. The largest absolute Gasteiger partial charge is 0.339 e. The van der Waals surface area contributed by atoms with Crippen molar-refractivity contribution >= 4 is 23.7 Å². The molecular weight excluding hydrogens is 298 g/mol. The number of rotatable bonds is 4. The van der Waals surface area contributed by atoms with Crippen LogP contribution in [0.2, 0.25) is 0 Å². The van der Waals surface area contributed by atoms with E-state index in [-0.39, 0.29) is 18.4 Å². The lowest BCUT2D eigenvalue weighted by Crippen LogP contribution is -2.44. The van der Waals surface area contributed by atoms with Gasteiger partial charge in [-0.25, -0.2) is 4.98 Å². The van der Waals surface area contributed by atoms with E-state index in [9.17, 15) is 0 Å². The van der Waals surface area contributed by atoms with Gasteiger partial charge in [0.15, 0.2) is 5.82 Å². The number of nitrogens with zero attached hydrogens (tertiary/aromatic N) is 4. The lowest BCUT2D eigenvalue weighted by molar-refractivity contribution is 0.190. The number of halogens is 1. The standard InChI is InChI=1S/C12H17N5OS.ClH/c1-17-6-4-13-8-9(17)12-15-10(18-16-12)2-3-11-14-5-7-19-11;/h5,7,9,13H,2-4,6,8H2,1H3;1H. The number of hydrogen-bond donors (Lipinski definition) is 1. The van der Waals surface area contributed by atoms with Gasteiger partial charge in [-0.15, -0.1) is 23.7 Å². The lowest BCUT2D eigenvalue weighted by Gasteiger charge is -2.30. The van der Waals surface area contributed by atoms with Crippen molar-refractivity contribution in [2.45, 2.75) is 18.9 Å². The van der Waals surface area contributed by atoms with E-state index in [1.807, 2.05) is 11.6 Å². The molecule has 110 valence electrons. The SMILES string of the molecule is CN1CCNCC1c1noc(CCc2nccs2)n1.Cl. The third-order valence-corrected chi connectivity index (χ3v) is 4.17. The maximum absolute atomic E-state index is 5.33. The summed E-state index contributed by atoms with van der Waals surface area (Å²) >= 11 is 1.66. The zero-order valence-corrected chi connectivity index (χ0v) is 12.9. The Bertz CT molecular complexity index is 518. The second-order valence-corrected chi connectivity index (χ2v) is 5.65. The van der Waals surface area contributed by atoms with Crippen LogP contribution in [-0.2, 0) is 12.8 Å². The predicted molar refractivity (Wildman–Crippen MR) is 79.3 cm³/mol. The molecule has 1 saturated heterocycles. The molecule has 2 aromatic rings. The molecule has 0 saturated carbocycles. The van der Waals surface area contributed by atoms with Crippen LogP contribution < -0.4 is 5.32 Å². The van der Waals surface area contributed by atoms with Gasteiger partial charge in [0, 0.05) is 44.1 Å². The fourth-order valence-corrected chi connectivity index (χ4v) is 2.81. The molecule has 0 bridgehead atoms. The normalized spacial score (nSPS) is 19.8. The van der Waals surface area contributed by atoms with E-state index in [2.05, 4.69) is 32.4 Å². The molecule has 3 rings (SSSR count). The first kappa shape index (κ1) is 15.4. The Kier molecular flexibility index (Phi) is 5.47. The average molecular weight is 316 g/mol. The van der Waals surface area contributed by atoms with E-state index >= 15 is 0 Å². The Morgan fingerprint density at radius 2 is 2.40 bits per heavy atom. The summed E-state index contributed by atoms with van der Waals surface area (Å²) in [5.74, 6) is 1.48. The first-order chi connectivity index (χ1) is 9.33. The van der Waals surface area contributed by atoms with E-state index in [4.69, 9.17) is 4.52 Å². The van der Waals surface area contributed by atoms with Gasteiger partial charge in [0.05, 0.1) is 11.0 Å². The zero-order valence-electron chi connectivity index (χ0n) is 11.3. The van der Waals surface area contributed by atoms with Gasteiger partial charge < -0.3 is 9.84 Å². The Balaban J connectivity index is 0.00000147. The minimum Gasteiger partial charge on any atom is -0.339 e. The second-order valence-electron chi connectivity index (χ2n) is 4.67. The lowest BCUT2D eigenvalue weighted by atomic mass is 10.2. The highest BCUT2D eigenvalue weighted by molar-refractivity contribution is 7.09. The second kappa shape index (κ2) is 7.12. The van der Waals surface area contributed by atoms with Crippen LogP contribution in [0.25, 0.3) is 0 Å². The van der Waals surface area contributed by atoms with Crippen molar-refractivity contribution in [1.82, 2.24) is 25.3 Å². The summed E-state index contributed by atoms with van der Waals surface area (Å²) in [4.78, 5) is 11.0. The monoisotopic (exact) mass is 315 g/mol. The number of likely N-dealkylation sites (N-methyl/N-ethyl adjacent to an activating group) is 1. The number of aromatic nitrogens is 3. The van der Waals surface area contributed by atoms with Crippen LogP contribution >= 0.6 is 23.7 Å². The molecule has 0 radical (unpaired) electrons. The molecule has 1 atom stereocenters. The zero-order chi connectivity index (χ0) is 13.1. The summed E-state index contributed by atoms with van der Waals surface area (Å²) in [5, 5.41) is 10.6. The Morgan fingerprint density at radius 1 is 1.50 bits per heavy atom. The summed E-state index contributed by atoms with van der Waals surface area (Å²) in [5.41, 5.74) is 0. The van der Waals surface area contributed by atoms with Gasteiger partial charge in [0.1, 0.15) is 0 Å². The fraction of sp³-hybridized carbons (Fsp3) is 0.583. The van der Waals surface area contributed by atoms with Crippen LogP contribution in [-0.4, -0.2) is 46.7 Å².